The summed E-state index contributed by atoms with van der Waals surface area (Å²) in [6, 6.07) is 9.78. The van der Waals surface area contributed by atoms with E-state index in [-0.39, 0.29) is 0 Å². The molecule has 0 fully saturated rings. The van der Waals surface area contributed by atoms with Crippen molar-refractivity contribution in [1.82, 2.24) is 0 Å². The van der Waals surface area contributed by atoms with Crippen LogP contribution in [0.4, 0.5) is 0 Å². The first-order chi connectivity index (χ1) is 9.86. The number of ether oxygens (including phenoxy) is 2. The summed E-state index contributed by atoms with van der Waals surface area (Å²) in [6.45, 7) is 4.26. The molecule has 0 aliphatic heterocycles. The molecular weight excluding hydrogens is 250 g/mol. The molecule has 0 spiro atoms. The third-order valence-corrected chi connectivity index (χ3v) is 3.10. The summed E-state index contributed by atoms with van der Waals surface area (Å²) in [5, 5.41) is 8.58. The normalized spacial score (nSPS) is 10.2. The number of nitriles is 1. The molecule has 3 heteroatoms. The van der Waals surface area contributed by atoms with E-state index in [2.05, 4.69) is 13.0 Å². The summed E-state index contributed by atoms with van der Waals surface area (Å²) in [7, 11) is 0. The average molecular weight is 275 g/mol. The Balaban J connectivity index is 1.99. The molecule has 0 unspecified atom stereocenters. The summed E-state index contributed by atoms with van der Waals surface area (Å²) in [4.78, 5) is 0. The van der Waals surface area contributed by atoms with Crippen LogP contribution in [0.5, 0.6) is 5.75 Å². The third-order valence-electron chi connectivity index (χ3n) is 3.10. The van der Waals surface area contributed by atoms with E-state index in [4.69, 9.17) is 14.7 Å². The van der Waals surface area contributed by atoms with E-state index in [0.717, 1.165) is 24.3 Å². The molecule has 0 bridgehead atoms. The molecule has 0 saturated carbocycles. The van der Waals surface area contributed by atoms with E-state index in [1.54, 1.807) is 0 Å². The molecule has 1 aromatic carbocycles. The Hall–Kier alpha value is -1.53. The van der Waals surface area contributed by atoms with Crippen molar-refractivity contribution in [3.05, 3.63) is 29.8 Å². The Morgan fingerprint density at radius 1 is 0.950 bits per heavy atom. The van der Waals surface area contributed by atoms with Crippen LogP contribution >= 0.6 is 0 Å². The van der Waals surface area contributed by atoms with E-state index in [9.17, 15) is 0 Å². The van der Waals surface area contributed by atoms with Crippen LogP contribution in [0.3, 0.4) is 0 Å². The largest absolute Gasteiger partial charge is 0.491 e. The number of benzene rings is 1. The number of hydrogen-bond donors (Lipinski definition) is 0. The van der Waals surface area contributed by atoms with Gasteiger partial charge in [-0.05, 0) is 24.1 Å². The molecule has 1 rings (SSSR count). The molecule has 3 nitrogen and oxygen atoms in total. The van der Waals surface area contributed by atoms with Gasteiger partial charge in [-0.15, -0.1) is 0 Å². The average Bonchev–Trinajstić information content (AvgIpc) is 2.47. The van der Waals surface area contributed by atoms with Crippen molar-refractivity contribution in [2.45, 2.75) is 45.4 Å². The summed E-state index contributed by atoms with van der Waals surface area (Å²) in [5.41, 5.74) is 1.02. The van der Waals surface area contributed by atoms with Crippen LogP contribution in [0, 0.1) is 11.3 Å². The maximum atomic E-state index is 8.58. The van der Waals surface area contributed by atoms with Gasteiger partial charge in [0.1, 0.15) is 12.4 Å². The fourth-order valence-electron chi connectivity index (χ4n) is 1.92. The summed E-state index contributed by atoms with van der Waals surface area (Å²) in [5.74, 6) is 0.832. The van der Waals surface area contributed by atoms with Crippen LogP contribution in [0.1, 0.15) is 44.6 Å². The lowest BCUT2D eigenvalue weighted by molar-refractivity contribution is 0.0971. The van der Waals surface area contributed by atoms with E-state index >= 15 is 0 Å². The van der Waals surface area contributed by atoms with Crippen LogP contribution < -0.4 is 4.74 Å². The first-order valence-corrected chi connectivity index (χ1v) is 7.53. The number of unbranched alkanes of at least 4 members (excludes halogenated alkanes) is 4. The molecule has 1 aromatic rings. The van der Waals surface area contributed by atoms with E-state index in [1.807, 2.05) is 24.3 Å². The van der Waals surface area contributed by atoms with Gasteiger partial charge >= 0.3 is 0 Å². The third kappa shape index (κ3) is 7.81. The topological polar surface area (TPSA) is 42.2 Å². The minimum Gasteiger partial charge on any atom is -0.491 e. The van der Waals surface area contributed by atoms with Crippen molar-refractivity contribution in [3.63, 3.8) is 0 Å². The van der Waals surface area contributed by atoms with Gasteiger partial charge in [-0.25, -0.2) is 0 Å². The van der Waals surface area contributed by atoms with Gasteiger partial charge < -0.3 is 9.47 Å². The van der Waals surface area contributed by atoms with Crippen molar-refractivity contribution in [2.24, 2.45) is 0 Å². The number of rotatable bonds is 11. The Kier molecular flexibility index (Phi) is 9.34. The summed E-state index contributed by atoms with van der Waals surface area (Å²) in [6.07, 6.45) is 6.76. The molecule has 0 aromatic heterocycles. The lowest BCUT2D eigenvalue weighted by atomic mass is 10.2. The minimum absolute atomic E-state index is 0.446. The Morgan fingerprint density at radius 3 is 2.40 bits per heavy atom. The van der Waals surface area contributed by atoms with Crippen molar-refractivity contribution < 1.29 is 9.47 Å². The molecule has 0 saturated heterocycles. The first kappa shape index (κ1) is 16.5. The van der Waals surface area contributed by atoms with Crippen LogP contribution in [0.25, 0.3) is 0 Å². The van der Waals surface area contributed by atoms with Gasteiger partial charge in [0.15, 0.2) is 0 Å². The van der Waals surface area contributed by atoms with E-state index in [1.165, 1.54) is 25.7 Å². The molecule has 0 aliphatic rings. The predicted molar refractivity (Wildman–Crippen MR) is 80.8 cm³/mol. The van der Waals surface area contributed by atoms with Crippen LogP contribution in [-0.4, -0.2) is 19.8 Å². The van der Waals surface area contributed by atoms with Gasteiger partial charge in [0.2, 0.25) is 0 Å². The monoisotopic (exact) mass is 275 g/mol. The number of nitrogens with zero attached hydrogens (tertiary/aromatic N) is 1. The van der Waals surface area contributed by atoms with Gasteiger partial charge in [-0.2, -0.15) is 5.26 Å². The van der Waals surface area contributed by atoms with Gasteiger partial charge in [0, 0.05) is 6.61 Å². The Labute approximate surface area is 122 Å². The van der Waals surface area contributed by atoms with Gasteiger partial charge in [0.05, 0.1) is 19.1 Å². The fraction of sp³-hybridized carbons (Fsp3) is 0.588. The standard InChI is InChI=1S/C17H25NO2/c1-2-3-4-5-6-13-19-14-15-20-17-9-7-16(8-10-17)11-12-18/h7-10H,2-6,11,13-15H2,1H3. The molecule has 0 radical (unpaired) electrons. The predicted octanol–water partition coefficient (Wildman–Crippen LogP) is 4.12. The zero-order chi connectivity index (χ0) is 14.5. The zero-order valence-corrected chi connectivity index (χ0v) is 12.4. The lowest BCUT2D eigenvalue weighted by Gasteiger charge is -2.07. The maximum Gasteiger partial charge on any atom is 0.119 e. The summed E-state index contributed by atoms with van der Waals surface area (Å²) >= 11 is 0. The molecule has 0 heterocycles. The zero-order valence-electron chi connectivity index (χ0n) is 12.4. The second-order valence-electron chi connectivity index (χ2n) is 4.85. The molecule has 0 N–H and O–H groups in total. The molecule has 110 valence electrons. The van der Waals surface area contributed by atoms with Gasteiger partial charge in [0.25, 0.3) is 0 Å². The highest BCUT2D eigenvalue weighted by Gasteiger charge is 1.96. The smallest absolute Gasteiger partial charge is 0.119 e. The maximum absolute atomic E-state index is 8.58. The highest BCUT2D eigenvalue weighted by atomic mass is 16.5. The van der Waals surface area contributed by atoms with Crippen LogP contribution in [0.15, 0.2) is 24.3 Å². The van der Waals surface area contributed by atoms with Crippen LogP contribution in [0.2, 0.25) is 0 Å². The molecule has 0 atom stereocenters. The SMILES string of the molecule is CCCCCCCOCCOc1ccc(CC#N)cc1. The fourth-order valence-corrected chi connectivity index (χ4v) is 1.92. The number of hydrogen-bond acceptors (Lipinski definition) is 3. The second-order valence-corrected chi connectivity index (χ2v) is 4.85. The molecular formula is C17H25NO2. The van der Waals surface area contributed by atoms with Crippen LogP contribution in [-0.2, 0) is 11.2 Å². The Bertz CT molecular complexity index is 381. The molecule has 0 aliphatic carbocycles. The van der Waals surface area contributed by atoms with Crippen molar-refractivity contribution in [3.8, 4) is 11.8 Å². The van der Waals surface area contributed by atoms with Crippen molar-refractivity contribution in [2.75, 3.05) is 19.8 Å². The highest BCUT2D eigenvalue weighted by Crippen LogP contribution is 2.12. The van der Waals surface area contributed by atoms with Crippen molar-refractivity contribution >= 4 is 0 Å². The first-order valence-electron chi connectivity index (χ1n) is 7.53. The molecule has 20 heavy (non-hydrogen) atoms. The lowest BCUT2D eigenvalue weighted by Crippen LogP contribution is -2.07. The van der Waals surface area contributed by atoms with Gasteiger partial charge in [-0.3, -0.25) is 0 Å². The van der Waals surface area contributed by atoms with Crippen molar-refractivity contribution in [1.29, 1.82) is 5.26 Å². The van der Waals surface area contributed by atoms with E-state index < -0.39 is 0 Å². The molecule has 0 amide bonds. The van der Waals surface area contributed by atoms with E-state index in [0.29, 0.717) is 19.6 Å². The highest BCUT2D eigenvalue weighted by molar-refractivity contribution is 5.28. The Morgan fingerprint density at radius 2 is 1.70 bits per heavy atom. The van der Waals surface area contributed by atoms with Gasteiger partial charge in [-0.1, -0.05) is 44.7 Å². The summed E-state index contributed by atoms with van der Waals surface area (Å²) < 4.78 is 11.1. The second kappa shape index (κ2) is 11.3. The quantitative estimate of drug-likeness (QED) is 0.570. The minimum atomic E-state index is 0.446.